The number of nitrogens with one attached hydrogen (secondary N) is 1. The molecule has 1 fully saturated rings. The highest BCUT2D eigenvalue weighted by atomic mass is 16.3. The van der Waals surface area contributed by atoms with E-state index in [-0.39, 0.29) is 0 Å². The summed E-state index contributed by atoms with van der Waals surface area (Å²) in [5.74, 6) is 2.32. The highest BCUT2D eigenvalue weighted by molar-refractivity contribution is 5.34. The lowest BCUT2D eigenvalue weighted by Crippen LogP contribution is -2.35. The molecule has 0 saturated heterocycles. The average Bonchev–Trinajstić information content (AvgIpc) is 3.21. The Hall–Kier alpha value is -1.16. The Morgan fingerprint density at radius 1 is 1.41 bits per heavy atom. The summed E-state index contributed by atoms with van der Waals surface area (Å²) in [5, 5.41) is 13.4. The standard InChI is InChI=1S/C13H21N3O/c1-3-13(17,4-2)9-15-11-7-8-14-12(16-11)10-5-6-10/h7-8,10,17H,3-6,9H2,1-2H3,(H,14,15,16). The molecule has 0 atom stereocenters. The molecule has 2 N–H and O–H groups in total. The van der Waals surface area contributed by atoms with Crippen molar-refractivity contribution in [2.45, 2.75) is 51.0 Å². The molecule has 1 aromatic rings. The lowest BCUT2D eigenvalue weighted by Gasteiger charge is -2.25. The second-order valence-corrected chi connectivity index (χ2v) is 4.86. The topological polar surface area (TPSA) is 58.0 Å². The van der Waals surface area contributed by atoms with E-state index < -0.39 is 5.60 Å². The van der Waals surface area contributed by atoms with Gasteiger partial charge in [-0.05, 0) is 31.7 Å². The van der Waals surface area contributed by atoms with Crippen LogP contribution >= 0.6 is 0 Å². The Labute approximate surface area is 102 Å². The Bertz CT molecular complexity index is 373. The third kappa shape index (κ3) is 3.16. The van der Waals surface area contributed by atoms with Gasteiger partial charge in [-0.2, -0.15) is 0 Å². The number of anilines is 1. The molecule has 1 heterocycles. The molecule has 0 amide bonds. The zero-order valence-electron chi connectivity index (χ0n) is 10.6. The molecule has 0 bridgehead atoms. The summed E-state index contributed by atoms with van der Waals surface area (Å²) in [5.41, 5.74) is -0.634. The van der Waals surface area contributed by atoms with Gasteiger partial charge in [-0.3, -0.25) is 0 Å². The molecule has 4 nitrogen and oxygen atoms in total. The first-order chi connectivity index (χ1) is 8.17. The van der Waals surface area contributed by atoms with E-state index in [9.17, 15) is 5.11 Å². The first-order valence-electron chi connectivity index (χ1n) is 6.46. The second kappa shape index (κ2) is 5.00. The average molecular weight is 235 g/mol. The number of hydrogen-bond acceptors (Lipinski definition) is 4. The number of aromatic nitrogens is 2. The van der Waals surface area contributed by atoms with E-state index in [0.29, 0.717) is 12.5 Å². The van der Waals surface area contributed by atoms with E-state index >= 15 is 0 Å². The number of hydrogen-bond donors (Lipinski definition) is 2. The van der Waals surface area contributed by atoms with Crippen LogP contribution in [0.1, 0.15) is 51.3 Å². The van der Waals surface area contributed by atoms with Crippen molar-refractivity contribution in [3.63, 3.8) is 0 Å². The summed E-state index contributed by atoms with van der Waals surface area (Å²) in [7, 11) is 0. The molecular weight excluding hydrogens is 214 g/mol. The third-order valence-corrected chi connectivity index (χ3v) is 3.53. The largest absolute Gasteiger partial charge is 0.388 e. The molecule has 17 heavy (non-hydrogen) atoms. The number of rotatable bonds is 6. The second-order valence-electron chi connectivity index (χ2n) is 4.86. The molecule has 2 rings (SSSR count). The Balaban J connectivity index is 1.96. The lowest BCUT2D eigenvalue weighted by atomic mass is 9.98. The number of aliphatic hydroxyl groups is 1. The van der Waals surface area contributed by atoms with Gasteiger partial charge in [0.2, 0.25) is 0 Å². The minimum Gasteiger partial charge on any atom is -0.388 e. The fraction of sp³-hybridized carbons (Fsp3) is 0.692. The molecule has 4 heteroatoms. The van der Waals surface area contributed by atoms with Gasteiger partial charge >= 0.3 is 0 Å². The minimum absolute atomic E-state index is 0.543. The van der Waals surface area contributed by atoms with Crippen LogP contribution in [0.3, 0.4) is 0 Å². The predicted octanol–water partition coefficient (Wildman–Crippen LogP) is 2.32. The van der Waals surface area contributed by atoms with Gasteiger partial charge in [0.05, 0.1) is 5.60 Å². The van der Waals surface area contributed by atoms with E-state index in [0.717, 1.165) is 24.5 Å². The molecule has 1 aliphatic carbocycles. The van der Waals surface area contributed by atoms with Crippen molar-refractivity contribution in [2.75, 3.05) is 11.9 Å². The molecule has 0 spiro atoms. The quantitative estimate of drug-likeness (QED) is 0.794. The van der Waals surface area contributed by atoms with Crippen molar-refractivity contribution >= 4 is 5.82 Å². The van der Waals surface area contributed by atoms with Gasteiger partial charge in [-0.15, -0.1) is 0 Å². The van der Waals surface area contributed by atoms with E-state index in [1.807, 2.05) is 19.9 Å². The lowest BCUT2D eigenvalue weighted by molar-refractivity contribution is 0.0456. The van der Waals surface area contributed by atoms with Gasteiger partial charge in [0, 0.05) is 18.7 Å². The van der Waals surface area contributed by atoms with Gasteiger partial charge < -0.3 is 10.4 Å². The fourth-order valence-electron chi connectivity index (χ4n) is 1.77. The molecule has 0 unspecified atom stereocenters. The predicted molar refractivity (Wildman–Crippen MR) is 68.0 cm³/mol. The van der Waals surface area contributed by atoms with Crippen LogP contribution in [-0.4, -0.2) is 27.2 Å². The summed E-state index contributed by atoms with van der Waals surface area (Å²) in [6, 6.07) is 1.86. The molecule has 0 aromatic carbocycles. The first kappa shape index (κ1) is 12.3. The maximum Gasteiger partial charge on any atom is 0.133 e. The van der Waals surface area contributed by atoms with Crippen molar-refractivity contribution in [1.29, 1.82) is 0 Å². The molecule has 0 aliphatic heterocycles. The van der Waals surface area contributed by atoms with Crippen LogP contribution in [0.25, 0.3) is 0 Å². The van der Waals surface area contributed by atoms with Gasteiger partial charge in [0.15, 0.2) is 0 Å². The van der Waals surface area contributed by atoms with E-state index in [2.05, 4.69) is 15.3 Å². The maximum absolute atomic E-state index is 10.2. The Morgan fingerprint density at radius 2 is 2.12 bits per heavy atom. The van der Waals surface area contributed by atoms with Crippen LogP contribution in [0, 0.1) is 0 Å². The maximum atomic E-state index is 10.2. The SMILES string of the molecule is CCC(O)(CC)CNc1ccnc(C2CC2)n1. The highest BCUT2D eigenvalue weighted by Gasteiger charge is 2.27. The molecule has 1 aliphatic rings. The zero-order chi connectivity index (χ0) is 12.3. The summed E-state index contributed by atoms with van der Waals surface area (Å²) in [6.07, 6.45) is 5.70. The third-order valence-electron chi connectivity index (χ3n) is 3.53. The van der Waals surface area contributed by atoms with E-state index in [1.165, 1.54) is 12.8 Å². The van der Waals surface area contributed by atoms with E-state index in [1.54, 1.807) is 6.20 Å². The van der Waals surface area contributed by atoms with Crippen LogP contribution in [0.15, 0.2) is 12.3 Å². The van der Waals surface area contributed by atoms with Gasteiger partial charge in [-0.1, -0.05) is 13.8 Å². The summed E-state index contributed by atoms with van der Waals surface area (Å²) >= 11 is 0. The van der Waals surface area contributed by atoms with Gasteiger partial charge in [0.1, 0.15) is 11.6 Å². The van der Waals surface area contributed by atoms with Gasteiger partial charge in [0.25, 0.3) is 0 Å². The minimum atomic E-state index is -0.634. The van der Waals surface area contributed by atoms with Crippen LogP contribution in [-0.2, 0) is 0 Å². The zero-order valence-corrected chi connectivity index (χ0v) is 10.6. The van der Waals surface area contributed by atoms with Crippen molar-refractivity contribution in [3.05, 3.63) is 18.1 Å². The number of nitrogens with zero attached hydrogens (tertiary/aromatic N) is 2. The Morgan fingerprint density at radius 3 is 2.71 bits per heavy atom. The van der Waals surface area contributed by atoms with Crippen LogP contribution < -0.4 is 5.32 Å². The van der Waals surface area contributed by atoms with Crippen LogP contribution in [0.4, 0.5) is 5.82 Å². The fourth-order valence-corrected chi connectivity index (χ4v) is 1.77. The van der Waals surface area contributed by atoms with Crippen molar-refractivity contribution in [1.82, 2.24) is 9.97 Å². The molecular formula is C13H21N3O. The van der Waals surface area contributed by atoms with Crippen molar-refractivity contribution < 1.29 is 5.11 Å². The molecule has 94 valence electrons. The smallest absolute Gasteiger partial charge is 0.133 e. The molecule has 1 saturated carbocycles. The summed E-state index contributed by atoms with van der Waals surface area (Å²) < 4.78 is 0. The summed E-state index contributed by atoms with van der Waals surface area (Å²) in [6.45, 7) is 4.54. The molecule has 0 radical (unpaired) electrons. The monoisotopic (exact) mass is 235 g/mol. The Kier molecular flexibility index (Phi) is 3.62. The van der Waals surface area contributed by atoms with Gasteiger partial charge in [-0.25, -0.2) is 9.97 Å². The van der Waals surface area contributed by atoms with Crippen molar-refractivity contribution in [2.24, 2.45) is 0 Å². The van der Waals surface area contributed by atoms with Crippen LogP contribution in [0.5, 0.6) is 0 Å². The molecule has 1 aromatic heterocycles. The first-order valence-corrected chi connectivity index (χ1v) is 6.46. The van der Waals surface area contributed by atoms with Crippen molar-refractivity contribution in [3.8, 4) is 0 Å². The highest BCUT2D eigenvalue weighted by Crippen LogP contribution is 2.38. The summed E-state index contributed by atoms with van der Waals surface area (Å²) in [4.78, 5) is 8.75. The van der Waals surface area contributed by atoms with E-state index in [4.69, 9.17) is 0 Å². The van der Waals surface area contributed by atoms with Crippen LogP contribution in [0.2, 0.25) is 0 Å². The normalized spacial score (nSPS) is 15.9.